The van der Waals surface area contributed by atoms with Crippen molar-refractivity contribution >= 4 is 72.0 Å². The molecule has 0 bridgehead atoms. The average molecular weight is 649 g/mol. The van der Waals surface area contributed by atoms with E-state index in [-0.39, 0.29) is 42.3 Å². The third-order valence-electron chi connectivity index (χ3n) is 5.34. The van der Waals surface area contributed by atoms with Gasteiger partial charge in [-0.1, -0.05) is 0 Å². The highest BCUT2D eigenvalue weighted by molar-refractivity contribution is 9.10. The van der Waals surface area contributed by atoms with Crippen LogP contribution in [0.4, 0.5) is 17.1 Å². The number of non-ortho nitro benzene ring substituents is 2. The second-order valence-corrected chi connectivity index (χ2v) is 11.5. The number of rotatable bonds is 8. The van der Waals surface area contributed by atoms with Gasteiger partial charge in [-0.3, -0.25) is 25.0 Å². The number of hydrogen-bond acceptors (Lipinski definition) is 11. The van der Waals surface area contributed by atoms with Gasteiger partial charge in [0.25, 0.3) is 17.3 Å². The van der Waals surface area contributed by atoms with E-state index in [4.69, 9.17) is 8.92 Å². The molecule has 0 aliphatic carbocycles. The van der Waals surface area contributed by atoms with Gasteiger partial charge < -0.3 is 14.2 Å². The van der Waals surface area contributed by atoms with Crippen molar-refractivity contribution in [3.05, 3.63) is 95.3 Å². The highest BCUT2D eigenvalue weighted by atomic mass is 79.9. The Morgan fingerprint density at radius 3 is 2.27 bits per heavy atom. The summed E-state index contributed by atoms with van der Waals surface area (Å²) in [6.07, 6.45) is 1.53. The average Bonchev–Trinajstić information content (AvgIpc) is 3.24. The first-order chi connectivity index (χ1) is 18.9. The summed E-state index contributed by atoms with van der Waals surface area (Å²) in [6, 6.07) is 11.4. The number of benzene rings is 3. The monoisotopic (exact) mass is 648 g/mol. The lowest BCUT2D eigenvalue weighted by atomic mass is 10.2. The van der Waals surface area contributed by atoms with Crippen LogP contribution in [0, 0.1) is 27.2 Å². The number of nitrogens with one attached hydrogen (secondary N) is 1. The number of thioether (sulfide) groups is 1. The summed E-state index contributed by atoms with van der Waals surface area (Å²) < 4.78 is 36.4. The van der Waals surface area contributed by atoms with Crippen molar-refractivity contribution in [2.75, 3.05) is 7.11 Å². The zero-order valence-corrected chi connectivity index (χ0v) is 23.7. The standard InChI is InChI=1S/C24H17BrN4O9S2/c1-13-9-16(29(33)34)5-8-19(13)26-24-27-23(30)21(39-24)12-14-10-18(25)22(20(11-14)37-2)38-40(35,36)17-6-3-15(4-7-17)28(31)32/h3-12H,1-2H3,(H,26,27,30)/b21-12+. The Morgan fingerprint density at radius 1 is 1.02 bits per heavy atom. The predicted octanol–water partition coefficient (Wildman–Crippen LogP) is 5.24. The lowest BCUT2D eigenvalue weighted by Crippen LogP contribution is -2.19. The summed E-state index contributed by atoms with van der Waals surface area (Å²) in [5.41, 5.74) is 1.13. The number of amidine groups is 1. The van der Waals surface area contributed by atoms with Gasteiger partial charge in [-0.25, -0.2) is 4.99 Å². The Morgan fingerprint density at radius 2 is 1.68 bits per heavy atom. The lowest BCUT2D eigenvalue weighted by molar-refractivity contribution is -0.385. The fourth-order valence-electron chi connectivity index (χ4n) is 3.42. The fraction of sp³-hybridized carbons (Fsp3) is 0.0833. The van der Waals surface area contributed by atoms with Gasteiger partial charge in [-0.2, -0.15) is 8.42 Å². The minimum absolute atomic E-state index is 0.0329. The molecule has 1 aliphatic heterocycles. The molecule has 0 radical (unpaired) electrons. The van der Waals surface area contributed by atoms with E-state index in [0.717, 1.165) is 36.0 Å². The number of methoxy groups -OCH3 is 1. The molecule has 0 unspecified atom stereocenters. The molecule has 1 fully saturated rings. The van der Waals surface area contributed by atoms with Crippen molar-refractivity contribution in [2.24, 2.45) is 4.99 Å². The molecular weight excluding hydrogens is 632 g/mol. The molecule has 3 aromatic rings. The van der Waals surface area contributed by atoms with Gasteiger partial charge in [-0.05, 0) is 82.2 Å². The number of aliphatic imine (C=N–C) groups is 1. The van der Waals surface area contributed by atoms with Gasteiger partial charge in [0.2, 0.25) is 0 Å². The fourth-order valence-corrected chi connectivity index (χ4v) is 5.86. The number of halogens is 1. The zero-order valence-electron chi connectivity index (χ0n) is 20.5. The number of ether oxygens (including phenoxy) is 1. The third kappa shape index (κ3) is 6.30. The van der Waals surface area contributed by atoms with E-state index in [9.17, 15) is 33.4 Å². The lowest BCUT2D eigenvalue weighted by Gasteiger charge is -2.13. The molecule has 1 saturated heterocycles. The van der Waals surface area contributed by atoms with E-state index in [1.54, 1.807) is 6.92 Å². The minimum Gasteiger partial charge on any atom is -0.493 e. The SMILES string of the molecule is COc1cc(/C=C2/SC(=Nc3ccc([N+](=O)[O-])cc3C)NC2=O)cc(Br)c1OS(=O)(=O)c1ccc([N+](=O)[O-])cc1. The van der Waals surface area contributed by atoms with Gasteiger partial charge in [0.05, 0.1) is 32.0 Å². The number of nitro benzene ring substituents is 2. The number of carbonyl (C=O) groups excluding carboxylic acids is 1. The minimum atomic E-state index is -4.37. The number of amides is 1. The van der Waals surface area contributed by atoms with Gasteiger partial charge in [0.1, 0.15) is 4.90 Å². The van der Waals surface area contributed by atoms with Crippen LogP contribution in [-0.4, -0.2) is 36.4 Å². The summed E-state index contributed by atoms with van der Waals surface area (Å²) in [7, 11) is -3.07. The van der Waals surface area contributed by atoms with E-state index in [2.05, 4.69) is 26.2 Å². The molecule has 0 saturated carbocycles. The largest absolute Gasteiger partial charge is 0.493 e. The number of aryl methyl sites for hydroxylation is 1. The first-order valence-corrected chi connectivity index (χ1v) is 14.0. The molecule has 1 N–H and O–H groups in total. The van der Waals surface area contributed by atoms with Crippen LogP contribution in [-0.2, 0) is 14.9 Å². The summed E-state index contributed by atoms with van der Waals surface area (Å²) >= 11 is 4.32. The highest BCUT2D eigenvalue weighted by Gasteiger charge is 2.26. The van der Waals surface area contributed by atoms with E-state index in [1.807, 2.05) is 0 Å². The maximum atomic E-state index is 12.8. The highest BCUT2D eigenvalue weighted by Crippen LogP contribution is 2.40. The maximum absolute atomic E-state index is 12.8. The van der Waals surface area contributed by atoms with Crippen LogP contribution in [0.15, 0.2) is 73.9 Å². The van der Waals surface area contributed by atoms with Crippen molar-refractivity contribution in [1.82, 2.24) is 5.32 Å². The Hall–Kier alpha value is -4.28. The van der Waals surface area contributed by atoms with Gasteiger partial charge in [0, 0.05) is 24.3 Å². The van der Waals surface area contributed by atoms with Gasteiger partial charge in [-0.15, -0.1) is 0 Å². The summed E-state index contributed by atoms with van der Waals surface area (Å²) in [6.45, 7) is 1.67. The Balaban J connectivity index is 1.58. The van der Waals surface area contributed by atoms with E-state index >= 15 is 0 Å². The molecule has 16 heteroatoms. The van der Waals surface area contributed by atoms with E-state index in [1.165, 1.54) is 43.5 Å². The molecule has 13 nitrogen and oxygen atoms in total. The predicted molar refractivity (Wildman–Crippen MR) is 150 cm³/mol. The first-order valence-electron chi connectivity index (χ1n) is 11.0. The smallest absolute Gasteiger partial charge is 0.339 e. The Labute approximate surface area is 239 Å². The van der Waals surface area contributed by atoms with Gasteiger partial charge >= 0.3 is 10.1 Å². The molecule has 206 valence electrons. The van der Waals surface area contributed by atoms with Crippen LogP contribution in [0.1, 0.15) is 11.1 Å². The number of nitro groups is 2. The van der Waals surface area contributed by atoms with Crippen LogP contribution in [0.25, 0.3) is 6.08 Å². The topological polar surface area (TPSA) is 180 Å². The molecule has 1 heterocycles. The van der Waals surface area contributed by atoms with Gasteiger partial charge in [0.15, 0.2) is 16.7 Å². The normalized spacial score (nSPS) is 15.2. The van der Waals surface area contributed by atoms with Crippen LogP contribution >= 0.6 is 27.7 Å². The molecule has 1 amide bonds. The molecule has 0 atom stereocenters. The summed E-state index contributed by atoms with van der Waals surface area (Å²) in [5.74, 6) is -0.563. The maximum Gasteiger partial charge on any atom is 0.339 e. The quantitative estimate of drug-likeness (QED) is 0.147. The zero-order chi connectivity index (χ0) is 29.2. The molecule has 0 aromatic heterocycles. The Kier molecular flexibility index (Phi) is 8.22. The second-order valence-electron chi connectivity index (χ2n) is 8.03. The molecular formula is C24H17BrN4O9S2. The van der Waals surface area contributed by atoms with Crippen LogP contribution < -0.4 is 14.2 Å². The van der Waals surface area contributed by atoms with Crippen LogP contribution in [0.3, 0.4) is 0 Å². The Bertz CT molecular complexity index is 1720. The third-order valence-corrected chi connectivity index (χ3v) is 8.08. The number of hydrogen-bond donors (Lipinski definition) is 1. The van der Waals surface area contributed by atoms with Crippen LogP contribution in [0.2, 0.25) is 0 Å². The number of nitrogens with zero attached hydrogens (tertiary/aromatic N) is 3. The summed E-state index contributed by atoms with van der Waals surface area (Å²) in [4.78, 5) is 37.6. The first kappa shape index (κ1) is 28.7. The van der Waals surface area contributed by atoms with Crippen molar-refractivity contribution in [3.8, 4) is 11.5 Å². The molecule has 4 rings (SSSR count). The molecule has 1 aliphatic rings. The van der Waals surface area contributed by atoms with E-state index in [0.29, 0.717) is 16.8 Å². The molecule has 3 aromatic carbocycles. The molecule has 40 heavy (non-hydrogen) atoms. The van der Waals surface area contributed by atoms with Crippen molar-refractivity contribution in [1.29, 1.82) is 0 Å². The van der Waals surface area contributed by atoms with Crippen molar-refractivity contribution in [2.45, 2.75) is 11.8 Å². The van der Waals surface area contributed by atoms with E-state index < -0.39 is 25.9 Å². The van der Waals surface area contributed by atoms with Crippen LogP contribution in [0.5, 0.6) is 11.5 Å². The van der Waals surface area contributed by atoms with Crippen molar-refractivity contribution < 1.29 is 32.0 Å². The molecule has 0 spiro atoms. The second kappa shape index (κ2) is 11.4. The summed E-state index contributed by atoms with van der Waals surface area (Å²) in [5, 5.41) is 24.7. The van der Waals surface area contributed by atoms with Crippen molar-refractivity contribution in [3.63, 3.8) is 0 Å². The number of carbonyl (C=O) groups is 1.